The standard InChI is InChI=1S/C27H34F2N6O/c1-16-9-20-12-30-25(33-23-13-31-35(18(23)3)24-11-27(24,28)29)32-22(20)10-21(16)19-5-7-34(8-6-19)26(4)15-36-14-17(26)2/h9-10,12-13,17,19,24H,5-8,11,14-15H2,1-4H3,(H,30,32,33)/t17-,24?,26+/m1/s1. The lowest BCUT2D eigenvalue weighted by Crippen LogP contribution is -2.53. The van der Waals surface area contributed by atoms with Gasteiger partial charge in [-0.3, -0.25) is 9.58 Å². The van der Waals surface area contributed by atoms with E-state index in [9.17, 15) is 8.78 Å². The van der Waals surface area contributed by atoms with Gasteiger partial charge < -0.3 is 10.1 Å². The number of hydrogen-bond donors (Lipinski definition) is 1. The van der Waals surface area contributed by atoms with Gasteiger partial charge in [-0.05, 0) is 81.8 Å². The molecule has 192 valence electrons. The van der Waals surface area contributed by atoms with Crippen LogP contribution in [0.1, 0.15) is 61.9 Å². The second kappa shape index (κ2) is 8.45. The molecule has 0 bridgehead atoms. The summed E-state index contributed by atoms with van der Waals surface area (Å²) >= 11 is 0. The number of aromatic nitrogens is 4. The molecule has 0 radical (unpaired) electrons. The molecule has 9 heteroatoms. The number of hydrogen-bond acceptors (Lipinski definition) is 6. The third kappa shape index (κ3) is 3.96. The van der Waals surface area contributed by atoms with Gasteiger partial charge in [-0.2, -0.15) is 5.10 Å². The van der Waals surface area contributed by atoms with Gasteiger partial charge in [0.15, 0.2) is 0 Å². The quantitative estimate of drug-likeness (QED) is 0.512. The number of fused-ring (bicyclic) bond motifs is 1. The van der Waals surface area contributed by atoms with E-state index in [0.29, 0.717) is 29.2 Å². The van der Waals surface area contributed by atoms with Crippen LogP contribution >= 0.6 is 0 Å². The van der Waals surface area contributed by atoms with E-state index in [-0.39, 0.29) is 12.0 Å². The van der Waals surface area contributed by atoms with E-state index >= 15 is 0 Å². The number of likely N-dealkylation sites (tertiary alicyclic amines) is 1. The van der Waals surface area contributed by atoms with E-state index < -0.39 is 12.0 Å². The molecule has 2 aromatic heterocycles. The smallest absolute Gasteiger partial charge is 0.272 e. The Hall–Kier alpha value is -2.65. The highest BCUT2D eigenvalue weighted by Crippen LogP contribution is 2.53. The maximum atomic E-state index is 13.5. The third-order valence-corrected chi connectivity index (χ3v) is 8.83. The Balaban J connectivity index is 1.20. The number of anilines is 2. The molecular weight excluding hydrogens is 462 g/mol. The molecule has 3 atom stereocenters. The number of rotatable bonds is 5. The first-order chi connectivity index (χ1) is 17.2. The van der Waals surface area contributed by atoms with Crippen molar-refractivity contribution in [3.63, 3.8) is 0 Å². The summed E-state index contributed by atoms with van der Waals surface area (Å²) in [5.41, 5.74) is 4.96. The molecule has 4 heterocycles. The number of nitrogens with one attached hydrogen (secondary N) is 1. The summed E-state index contributed by atoms with van der Waals surface area (Å²) in [7, 11) is 0. The second-order valence-corrected chi connectivity index (χ2v) is 11.2. The van der Waals surface area contributed by atoms with Crippen LogP contribution in [0, 0.1) is 19.8 Å². The van der Waals surface area contributed by atoms with Crippen molar-refractivity contribution in [2.45, 2.75) is 70.4 Å². The van der Waals surface area contributed by atoms with Gasteiger partial charge >= 0.3 is 0 Å². The normalized spacial score (nSPS) is 28.6. The Labute approximate surface area is 210 Å². The zero-order valence-electron chi connectivity index (χ0n) is 21.4. The van der Waals surface area contributed by atoms with Crippen LogP contribution in [0.15, 0.2) is 24.5 Å². The Bertz CT molecular complexity index is 1300. The summed E-state index contributed by atoms with van der Waals surface area (Å²) in [4.78, 5) is 11.9. The summed E-state index contributed by atoms with van der Waals surface area (Å²) in [6, 6.07) is 3.53. The van der Waals surface area contributed by atoms with Crippen molar-refractivity contribution in [2.75, 3.05) is 31.6 Å². The lowest BCUT2D eigenvalue weighted by molar-refractivity contribution is 0.0434. The first-order valence-corrected chi connectivity index (χ1v) is 12.9. The van der Waals surface area contributed by atoms with Crippen molar-refractivity contribution in [1.82, 2.24) is 24.6 Å². The number of aryl methyl sites for hydroxylation is 1. The maximum Gasteiger partial charge on any atom is 0.272 e. The summed E-state index contributed by atoms with van der Waals surface area (Å²) in [6.45, 7) is 12.4. The fraction of sp³-hybridized carbons (Fsp3) is 0.593. The molecular formula is C27H34F2N6O. The molecule has 0 amide bonds. The van der Waals surface area contributed by atoms with Gasteiger partial charge in [0, 0.05) is 23.5 Å². The second-order valence-electron chi connectivity index (χ2n) is 11.2. The van der Waals surface area contributed by atoms with Gasteiger partial charge in [-0.25, -0.2) is 18.7 Å². The van der Waals surface area contributed by atoms with Crippen LogP contribution in [0.2, 0.25) is 0 Å². The first-order valence-electron chi connectivity index (χ1n) is 12.9. The molecule has 1 saturated carbocycles. The molecule has 3 aliphatic rings. The summed E-state index contributed by atoms with van der Waals surface area (Å²) in [5.74, 6) is -1.17. The van der Waals surface area contributed by atoms with E-state index in [1.807, 2.05) is 6.20 Å². The van der Waals surface area contributed by atoms with Crippen LogP contribution in [0.3, 0.4) is 0 Å². The van der Waals surface area contributed by atoms with Crippen molar-refractivity contribution in [3.8, 4) is 0 Å². The highest BCUT2D eigenvalue weighted by molar-refractivity contribution is 5.81. The zero-order chi connectivity index (χ0) is 25.2. The molecule has 6 rings (SSSR count). The Morgan fingerprint density at radius 1 is 1.14 bits per heavy atom. The largest absolute Gasteiger partial charge is 0.379 e. The van der Waals surface area contributed by atoms with Gasteiger partial charge in [0.05, 0.1) is 36.3 Å². The molecule has 2 aliphatic heterocycles. The van der Waals surface area contributed by atoms with Crippen LogP contribution in [-0.2, 0) is 4.74 Å². The summed E-state index contributed by atoms with van der Waals surface area (Å²) < 4.78 is 34.2. The highest BCUT2D eigenvalue weighted by atomic mass is 19.3. The minimum absolute atomic E-state index is 0.137. The summed E-state index contributed by atoms with van der Waals surface area (Å²) in [5, 5.41) is 8.35. The van der Waals surface area contributed by atoms with Crippen molar-refractivity contribution < 1.29 is 13.5 Å². The minimum Gasteiger partial charge on any atom is -0.379 e. The number of halogens is 2. The lowest BCUT2D eigenvalue weighted by atomic mass is 9.82. The van der Waals surface area contributed by atoms with Crippen molar-refractivity contribution in [3.05, 3.63) is 41.3 Å². The van der Waals surface area contributed by atoms with Crippen LogP contribution in [0.4, 0.5) is 20.4 Å². The molecule has 1 unspecified atom stereocenters. The molecule has 0 spiro atoms. The number of nitrogens with zero attached hydrogens (tertiary/aromatic N) is 5. The van der Waals surface area contributed by atoms with Gasteiger partial charge in [0.25, 0.3) is 5.92 Å². The number of piperidine rings is 1. The molecule has 1 N–H and O–H groups in total. The molecule has 3 aromatic rings. The van der Waals surface area contributed by atoms with E-state index in [0.717, 1.165) is 50.0 Å². The van der Waals surface area contributed by atoms with E-state index in [4.69, 9.17) is 9.72 Å². The SMILES string of the molecule is Cc1cc2cnc(Nc3cnn(C4CC4(F)F)c3C)nc2cc1C1CCN([C@@]2(C)COC[C@H]2C)CC1. The first kappa shape index (κ1) is 23.7. The molecule has 36 heavy (non-hydrogen) atoms. The van der Waals surface area contributed by atoms with Crippen LogP contribution in [-0.4, -0.2) is 62.4 Å². The summed E-state index contributed by atoms with van der Waals surface area (Å²) in [6.07, 6.45) is 5.47. The fourth-order valence-electron chi connectivity index (χ4n) is 6.02. The predicted molar refractivity (Wildman–Crippen MR) is 135 cm³/mol. The Morgan fingerprint density at radius 2 is 1.89 bits per heavy atom. The fourth-order valence-corrected chi connectivity index (χ4v) is 6.02. The minimum atomic E-state index is -2.67. The molecule has 1 aliphatic carbocycles. The van der Waals surface area contributed by atoms with Gasteiger partial charge in [-0.1, -0.05) is 6.92 Å². The van der Waals surface area contributed by atoms with Crippen molar-refractivity contribution in [2.24, 2.45) is 5.92 Å². The highest BCUT2D eigenvalue weighted by Gasteiger charge is 2.59. The van der Waals surface area contributed by atoms with E-state index in [1.54, 1.807) is 13.1 Å². The van der Waals surface area contributed by atoms with E-state index in [1.165, 1.54) is 15.8 Å². The van der Waals surface area contributed by atoms with E-state index in [2.05, 4.69) is 53.2 Å². The van der Waals surface area contributed by atoms with Gasteiger partial charge in [0.2, 0.25) is 5.95 Å². The average Bonchev–Trinajstić information content (AvgIpc) is 3.13. The van der Waals surface area contributed by atoms with Crippen LogP contribution in [0.5, 0.6) is 0 Å². The zero-order valence-corrected chi connectivity index (χ0v) is 21.4. The molecule has 1 aromatic carbocycles. The van der Waals surface area contributed by atoms with Crippen molar-refractivity contribution in [1.29, 1.82) is 0 Å². The van der Waals surface area contributed by atoms with Gasteiger partial charge in [-0.15, -0.1) is 0 Å². The molecule has 7 nitrogen and oxygen atoms in total. The van der Waals surface area contributed by atoms with Crippen LogP contribution in [0.25, 0.3) is 10.9 Å². The maximum absolute atomic E-state index is 13.5. The van der Waals surface area contributed by atoms with Gasteiger partial charge in [0.1, 0.15) is 6.04 Å². The predicted octanol–water partition coefficient (Wildman–Crippen LogP) is 5.37. The molecule has 3 fully saturated rings. The third-order valence-electron chi connectivity index (χ3n) is 8.83. The Morgan fingerprint density at radius 3 is 2.56 bits per heavy atom. The number of ether oxygens (including phenoxy) is 1. The molecule has 2 saturated heterocycles. The average molecular weight is 497 g/mol. The Kier molecular flexibility index (Phi) is 5.57. The lowest BCUT2D eigenvalue weighted by Gasteiger charge is -2.44. The van der Waals surface area contributed by atoms with Crippen molar-refractivity contribution >= 4 is 22.5 Å². The topological polar surface area (TPSA) is 68.1 Å². The van der Waals surface area contributed by atoms with Crippen LogP contribution < -0.4 is 5.32 Å². The number of alkyl halides is 2. The number of benzene rings is 1. The monoisotopic (exact) mass is 496 g/mol.